The van der Waals surface area contributed by atoms with Crippen molar-refractivity contribution in [2.24, 2.45) is 0 Å². The maximum Gasteiger partial charge on any atom is 0.267 e. The molecule has 0 bridgehead atoms. The van der Waals surface area contributed by atoms with Crippen LogP contribution in [0.4, 0.5) is 0 Å². The van der Waals surface area contributed by atoms with Gasteiger partial charge in [-0.05, 0) is 29.3 Å². The van der Waals surface area contributed by atoms with Crippen LogP contribution in [0.25, 0.3) is 21.8 Å². The Morgan fingerprint density at radius 1 is 0.862 bits per heavy atom. The number of rotatable bonds is 5. The van der Waals surface area contributed by atoms with Crippen LogP contribution in [0.3, 0.4) is 0 Å². The highest BCUT2D eigenvalue weighted by Gasteiger charge is 2.19. The molecule has 1 amide bonds. The molecule has 142 valence electrons. The van der Waals surface area contributed by atoms with E-state index in [9.17, 15) is 4.79 Å². The van der Waals surface area contributed by atoms with Crippen molar-refractivity contribution in [3.05, 3.63) is 108 Å². The fourth-order valence-corrected chi connectivity index (χ4v) is 3.96. The van der Waals surface area contributed by atoms with E-state index in [2.05, 4.69) is 45.7 Å². The van der Waals surface area contributed by atoms with Crippen molar-refractivity contribution in [1.82, 2.24) is 15.3 Å². The quantitative estimate of drug-likeness (QED) is 0.386. The summed E-state index contributed by atoms with van der Waals surface area (Å²) < 4.78 is 0. The highest BCUT2D eigenvalue weighted by atomic mass is 16.1. The van der Waals surface area contributed by atoms with Crippen LogP contribution in [0.2, 0.25) is 0 Å². The van der Waals surface area contributed by atoms with Gasteiger partial charge in [0.15, 0.2) is 0 Å². The van der Waals surface area contributed by atoms with Gasteiger partial charge in [-0.3, -0.25) is 4.79 Å². The predicted molar refractivity (Wildman–Crippen MR) is 117 cm³/mol. The lowest BCUT2D eigenvalue weighted by atomic mass is 9.91. The minimum atomic E-state index is -0.0954. The summed E-state index contributed by atoms with van der Waals surface area (Å²) >= 11 is 0. The summed E-state index contributed by atoms with van der Waals surface area (Å²) in [4.78, 5) is 19.4. The Labute approximate surface area is 168 Å². The van der Waals surface area contributed by atoms with Gasteiger partial charge >= 0.3 is 0 Å². The van der Waals surface area contributed by atoms with Gasteiger partial charge in [-0.15, -0.1) is 0 Å². The number of benzene rings is 3. The van der Waals surface area contributed by atoms with Crippen LogP contribution in [0.5, 0.6) is 0 Å². The predicted octanol–water partition coefficient (Wildman–Crippen LogP) is 5.21. The van der Waals surface area contributed by atoms with E-state index in [1.165, 1.54) is 16.5 Å². The number of carbonyl (C=O) groups is 1. The number of carbonyl (C=O) groups excluding carboxylic acids is 1. The summed E-state index contributed by atoms with van der Waals surface area (Å²) in [6.07, 6.45) is 2.05. The summed E-state index contributed by atoms with van der Waals surface area (Å²) in [5, 5.41) is 5.35. The first kappa shape index (κ1) is 17.3. The minimum Gasteiger partial charge on any atom is -0.361 e. The van der Waals surface area contributed by atoms with Crippen molar-refractivity contribution >= 4 is 27.7 Å². The van der Waals surface area contributed by atoms with Crippen LogP contribution in [0.15, 0.2) is 91.1 Å². The third-order valence-corrected chi connectivity index (χ3v) is 5.44. The van der Waals surface area contributed by atoms with E-state index in [1.54, 1.807) is 0 Å². The molecule has 0 saturated carbocycles. The van der Waals surface area contributed by atoms with Crippen molar-refractivity contribution in [3.8, 4) is 0 Å². The lowest BCUT2D eigenvalue weighted by Gasteiger charge is -2.18. The first-order valence-corrected chi connectivity index (χ1v) is 9.76. The molecule has 0 aliphatic carbocycles. The van der Waals surface area contributed by atoms with Gasteiger partial charge in [0.05, 0.1) is 0 Å². The van der Waals surface area contributed by atoms with Gasteiger partial charge in [0.25, 0.3) is 5.91 Å². The van der Waals surface area contributed by atoms with Crippen LogP contribution >= 0.6 is 0 Å². The lowest BCUT2D eigenvalue weighted by molar-refractivity contribution is 0.0948. The number of H-pyrrole nitrogens is 2. The monoisotopic (exact) mass is 379 g/mol. The number of aromatic amines is 2. The Morgan fingerprint density at radius 2 is 1.59 bits per heavy atom. The lowest BCUT2D eigenvalue weighted by Crippen LogP contribution is -2.29. The molecular formula is C25H21N3O. The topological polar surface area (TPSA) is 60.7 Å². The maximum absolute atomic E-state index is 12.8. The summed E-state index contributed by atoms with van der Waals surface area (Å²) in [5.41, 5.74) is 5.01. The Morgan fingerprint density at radius 3 is 2.41 bits per heavy atom. The van der Waals surface area contributed by atoms with E-state index in [0.717, 1.165) is 16.4 Å². The van der Waals surface area contributed by atoms with Gasteiger partial charge in [-0.1, -0.05) is 66.7 Å². The molecule has 0 aliphatic rings. The fraction of sp³-hybridized carbons (Fsp3) is 0.0800. The molecule has 0 radical (unpaired) electrons. The van der Waals surface area contributed by atoms with Crippen molar-refractivity contribution in [2.75, 3.05) is 6.54 Å². The molecule has 1 atom stereocenters. The standard InChI is InChI=1S/C25H21N3O/c29-25(24-14-18-10-4-6-12-22(18)28-24)27-15-20(17-8-2-1-3-9-17)21-16-26-23-13-7-5-11-19(21)23/h1-14,16,20,26,28H,15H2,(H,27,29). The third-order valence-electron chi connectivity index (χ3n) is 5.44. The Hall–Kier alpha value is -3.79. The molecule has 0 aliphatic heterocycles. The molecule has 0 fully saturated rings. The van der Waals surface area contributed by atoms with Gasteiger partial charge in [0, 0.05) is 40.5 Å². The van der Waals surface area contributed by atoms with Crippen LogP contribution < -0.4 is 5.32 Å². The Balaban J connectivity index is 1.45. The van der Waals surface area contributed by atoms with Gasteiger partial charge in [-0.25, -0.2) is 0 Å². The first-order chi connectivity index (χ1) is 14.3. The molecule has 1 unspecified atom stereocenters. The van der Waals surface area contributed by atoms with Crippen LogP contribution in [0.1, 0.15) is 27.5 Å². The SMILES string of the molecule is O=C(NCC(c1ccccc1)c1c[nH]c2ccccc12)c1cc2ccccc2[nH]1. The highest BCUT2D eigenvalue weighted by molar-refractivity contribution is 5.98. The second kappa shape index (κ2) is 7.32. The molecule has 2 aromatic heterocycles. The molecule has 3 aromatic carbocycles. The normalized spacial score (nSPS) is 12.3. The second-order valence-corrected chi connectivity index (χ2v) is 7.23. The van der Waals surface area contributed by atoms with Crippen LogP contribution in [0, 0.1) is 0 Å². The number of hydrogen-bond donors (Lipinski definition) is 3. The van der Waals surface area contributed by atoms with E-state index in [1.807, 2.05) is 60.7 Å². The molecule has 29 heavy (non-hydrogen) atoms. The smallest absolute Gasteiger partial charge is 0.267 e. The molecule has 4 heteroatoms. The molecule has 0 saturated heterocycles. The molecule has 2 heterocycles. The van der Waals surface area contributed by atoms with Gasteiger partial charge in [0.1, 0.15) is 5.69 Å². The number of aromatic nitrogens is 2. The number of amides is 1. The fourth-order valence-electron chi connectivity index (χ4n) is 3.96. The Kier molecular flexibility index (Phi) is 4.37. The summed E-state index contributed by atoms with van der Waals surface area (Å²) in [7, 11) is 0. The van der Waals surface area contributed by atoms with E-state index in [-0.39, 0.29) is 11.8 Å². The third kappa shape index (κ3) is 3.29. The summed E-state index contributed by atoms with van der Waals surface area (Å²) in [5.74, 6) is -0.0392. The van der Waals surface area contributed by atoms with Crippen LogP contribution in [-0.4, -0.2) is 22.4 Å². The minimum absolute atomic E-state index is 0.0562. The van der Waals surface area contributed by atoms with Crippen molar-refractivity contribution in [3.63, 3.8) is 0 Å². The Bertz CT molecular complexity index is 1250. The van der Waals surface area contributed by atoms with E-state index in [4.69, 9.17) is 0 Å². The summed E-state index contributed by atoms with van der Waals surface area (Å²) in [6.45, 7) is 0.514. The molecular weight excluding hydrogens is 358 g/mol. The number of para-hydroxylation sites is 2. The van der Waals surface area contributed by atoms with Gasteiger partial charge in [-0.2, -0.15) is 0 Å². The van der Waals surface area contributed by atoms with Crippen molar-refractivity contribution in [1.29, 1.82) is 0 Å². The van der Waals surface area contributed by atoms with E-state index < -0.39 is 0 Å². The van der Waals surface area contributed by atoms with Gasteiger partial charge in [0.2, 0.25) is 0 Å². The van der Waals surface area contributed by atoms with E-state index in [0.29, 0.717) is 12.2 Å². The zero-order chi connectivity index (χ0) is 19.6. The second-order valence-electron chi connectivity index (χ2n) is 7.23. The average Bonchev–Trinajstić information content (AvgIpc) is 3.39. The average molecular weight is 379 g/mol. The maximum atomic E-state index is 12.8. The number of hydrogen-bond acceptors (Lipinski definition) is 1. The molecule has 5 aromatic rings. The van der Waals surface area contributed by atoms with Crippen LogP contribution in [-0.2, 0) is 0 Å². The zero-order valence-corrected chi connectivity index (χ0v) is 15.9. The molecule has 0 spiro atoms. The van der Waals surface area contributed by atoms with Crippen molar-refractivity contribution < 1.29 is 4.79 Å². The first-order valence-electron chi connectivity index (χ1n) is 9.76. The largest absolute Gasteiger partial charge is 0.361 e. The summed E-state index contributed by atoms with van der Waals surface area (Å²) in [6, 6.07) is 28.4. The van der Waals surface area contributed by atoms with Gasteiger partial charge < -0.3 is 15.3 Å². The molecule has 3 N–H and O–H groups in total. The van der Waals surface area contributed by atoms with Crippen molar-refractivity contribution in [2.45, 2.75) is 5.92 Å². The highest BCUT2D eigenvalue weighted by Crippen LogP contribution is 2.30. The molecule has 5 rings (SSSR count). The zero-order valence-electron chi connectivity index (χ0n) is 15.9. The number of fused-ring (bicyclic) bond motifs is 2. The number of nitrogens with one attached hydrogen (secondary N) is 3. The van der Waals surface area contributed by atoms with E-state index >= 15 is 0 Å². The molecule has 4 nitrogen and oxygen atoms in total.